The maximum Gasteiger partial charge on any atom is 0.258 e. The van der Waals surface area contributed by atoms with Crippen molar-refractivity contribution in [2.75, 3.05) is 4.72 Å². The Kier molecular flexibility index (Phi) is 3.78. The van der Waals surface area contributed by atoms with Crippen LogP contribution in [0.3, 0.4) is 0 Å². The maximum absolute atomic E-state index is 12.0. The number of nitrogens with one attached hydrogen (secondary N) is 1. The number of benzene rings is 1. The van der Waals surface area contributed by atoms with Gasteiger partial charge in [0.2, 0.25) is 0 Å². The van der Waals surface area contributed by atoms with Gasteiger partial charge in [-0.25, -0.2) is 22.6 Å². The van der Waals surface area contributed by atoms with Gasteiger partial charge in [-0.15, -0.1) is 5.10 Å². The molecule has 3 rings (SSSR count). The van der Waals surface area contributed by atoms with Gasteiger partial charge in [0.1, 0.15) is 0 Å². The molecule has 112 valence electrons. The van der Waals surface area contributed by atoms with Gasteiger partial charge in [0.15, 0.2) is 0 Å². The number of sulfonamides is 1. The Morgan fingerprint density at radius 2 is 2.00 bits per heavy atom. The van der Waals surface area contributed by atoms with E-state index in [9.17, 15) is 8.42 Å². The lowest BCUT2D eigenvalue weighted by Gasteiger charge is -1.98. The topological polar surface area (TPSA) is 89.2 Å². The summed E-state index contributed by atoms with van der Waals surface area (Å²) < 4.78 is 27.6. The zero-order valence-electron chi connectivity index (χ0n) is 11.1. The van der Waals surface area contributed by atoms with Gasteiger partial charge in [0.25, 0.3) is 21.7 Å². The number of anilines is 1. The van der Waals surface area contributed by atoms with Crippen molar-refractivity contribution in [3.8, 4) is 0 Å². The molecule has 2 heterocycles. The minimum atomic E-state index is -3.72. The molecule has 0 saturated heterocycles. The zero-order valence-corrected chi connectivity index (χ0v) is 12.7. The lowest BCUT2D eigenvalue weighted by Crippen LogP contribution is -2.10. The largest absolute Gasteiger partial charge is 0.258 e. The van der Waals surface area contributed by atoms with E-state index in [0.29, 0.717) is 16.4 Å². The monoisotopic (exact) mass is 335 g/mol. The van der Waals surface area contributed by atoms with Gasteiger partial charge >= 0.3 is 0 Å². The Bertz CT molecular complexity index is 901. The molecule has 3 aromatic rings. The molecule has 9 heteroatoms. The predicted octanol–water partition coefficient (Wildman–Crippen LogP) is 2.19. The van der Waals surface area contributed by atoms with Crippen molar-refractivity contribution in [1.29, 1.82) is 0 Å². The van der Waals surface area contributed by atoms with Crippen LogP contribution in [-0.2, 0) is 10.0 Å². The number of rotatable bonds is 4. The van der Waals surface area contributed by atoms with E-state index in [4.69, 9.17) is 11.6 Å². The van der Waals surface area contributed by atoms with Crippen LogP contribution in [0.4, 0.5) is 5.95 Å². The van der Waals surface area contributed by atoms with Gasteiger partial charge in [0, 0.05) is 17.4 Å². The summed E-state index contributed by atoms with van der Waals surface area (Å²) in [5, 5.41) is 5.59. The van der Waals surface area contributed by atoms with E-state index < -0.39 is 10.0 Å². The summed E-state index contributed by atoms with van der Waals surface area (Å²) in [5.41, 5.74) is 0.708. The molecule has 0 aliphatic carbocycles. The normalized spacial score (nSPS) is 12.0. The predicted molar refractivity (Wildman–Crippen MR) is 83.8 cm³/mol. The molecular formula is C13H10ClN5O2S. The first kappa shape index (κ1) is 14.5. The van der Waals surface area contributed by atoms with Gasteiger partial charge < -0.3 is 0 Å². The molecule has 0 bridgehead atoms. The quantitative estimate of drug-likeness (QED) is 0.789. The van der Waals surface area contributed by atoms with E-state index in [-0.39, 0.29) is 5.95 Å². The number of fused-ring (bicyclic) bond motifs is 1. The van der Waals surface area contributed by atoms with Crippen molar-refractivity contribution in [3.63, 3.8) is 0 Å². The third kappa shape index (κ3) is 3.41. The fourth-order valence-electron chi connectivity index (χ4n) is 1.68. The SMILES string of the molecule is O=S(=O)(/C=C\c1ccc(Cl)cc1)Nc1nc2ncccn2n1. The van der Waals surface area contributed by atoms with E-state index >= 15 is 0 Å². The first-order chi connectivity index (χ1) is 10.5. The number of hydrogen-bond acceptors (Lipinski definition) is 5. The molecule has 0 aliphatic rings. The molecule has 0 spiro atoms. The summed E-state index contributed by atoms with van der Waals surface area (Å²) in [6.45, 7) is 0. The Labute approximate surface area is 131 Å². The van der Waals surface area contributed by atoms with Crippen LogP contribution in [0.2, 0.25) is 5.02 Å². The van der Waals surface area contributed by atoms with Crippen molar-refractivity contribution in [1.82, 2.24) is 19.6 Å². The Balaban J connectivity index is 1.79. The number of hydrogen-bond donors (Lipinski definition) is 1. The van der Waals surface area contributed by atoms with Crippen molar-refractivity contribution in [2.45, 2.75) is 0 Å². The Morgan fingerprint density at radius 3 is 2.73 bits per heavy atom. The van der Waals surface area contributed by atoms with E-state index in [2.05, 4.69) is 19.8 Å². The molecule has 1 aromatic carbocycles. The molecule has 0 radical (unpaired) electrons. The van der Waals surface area contributed by atoms with Crippen LogP contribution in [0.5, 0.6) is 0 Å². The van der Waals surface area contributed by atoms with E-state index in [1.165, 1.54) is 10.6 Å². The van der Waals surface area contributed by atoms with E-state index in [1.807, 2.05) is 0 Å². The van der Waals surface area contributed by atoms with Crippen LogP contribution in [0.25, 0.3) is 11.9 Å². The van der Waals surface area contributed by atoms with E-state index in [1.54, 1.807) is 42.7 Å². The smallest absolute Gasteiger partial charge is 0.246 e. The van der Waals surface area contributed by atoms with Gasteiger partial charge in [-0.2, -0.15) is 4.98 Å². The average Bonchev–Trinajstić information content (AvgIpc) is 2.88. The summed E-state index contributed by atoms with van der Waals surface area (Å²) >= 11 is 5.77. The summed E-state index contributed by atoms with van der Waals surface area (Å²) in [5.74, 6) is 0.265. The molecule has 1 N–H and O–H groups in total. The van der Waals surface area contributed by atoms with Crippen molar-refractivity contribution >= 4 is 39.4 Å². The molecule has 2 aromatic heterocycles. The lowest BCUT2D eigenvalue weighted by molar-refractivity contribution is 0.609. The standard InChI is InChI=1S/C13H10ClN5O2S/c14-11-4-2-10(3-5-11)6-9-22(20,21)18-12-16-13-15-7-1-8-19(13)17-12/h1-9H,(H,17,18)/b9-6-. The molecule has 0 fully saturated rings. The third-order valence-corrected chi connectivity index (χ3v) is 3.87. The van der Waals surface area contributed by atoms with Gasteiger partial charge in [-0.1, -0.05) is 23.7 Å². The lowest BCUT2D eigenvalue weighted by atomic mass is 10.2. The minimum absolute atomic E-state index is 0.0422. The molecule has 0 atom stereocenters. The van der Waals surface area contributed by atoms with Crippen LogP contribution < -0.4 is 4.72 Å². The van der Waals surface area contributed by atoms with Crippen LogP contribution in [0.1, 0.15) is 5.56 Å². The van der Waals surface area contributed by atoms with Crippen LogP contribution in [-0.4, -0.2) is 28.0 Å². The van der Waals surface area contributed by atoms with Crippen LogP contribution in [0, 0.1) is 0 Å². The third-order valence-electron chi connectivity index (χ3n) is 2.66. The Morgan fingerprint density at radius 1 is 1.23 bits per heavy atom. The highest BCUT2D eigenvalue weighted by Gasteiger charge is 2.10. The molecule has 7 nitrogen and oxygen atoms in total. The van der Waals surface area contributed by atoms with Crippen LogP contribution >= 0.6 is 11.6 Å². The second kappa shape index (κ2) is 5.74. The highest BCUT2D eigenvalue weighted by atomic mass is 35.5. The molecule has 22 heavy (non-hydrogen) atoms. The fraction of sp³-hybridized carbons (Fsp3) is 0. The van der Waals surface area contributed by atoms with Gasteiger partial charge in [-0.3, -0.25) is 0 Å². The number of halogens is 1. The second-order valence-electron chi connectivity index (χ2n) is 4.30. The van der Waals surface area contributed by atoms with Gasteiger partial charge in [-0.05, 0) is 29.8 Å². The summed E-state index contributed by atoms with van der Waals surface area (Å²) in [4.78, 5) is 7.92. The minimum Gasteiger partial charge on any atom is -0.246 e. The van der Waals surface area contributed by atoms with Crippen molar-refractivity contribution in [2.24, 2.45) is 0 Å². The molecular weight excluding hydrogens is 326 g/mol. The number of nitrogens with zero attached hydrogens (tertiary/aromatic N) is 4. The molecule has 0 saturated carbocycles. The summed E-state index contributed by atoms with van der Waals surface area (Å²) in [6, 6.07) is 8.44. The highest BCUT2D eigenvalue weighted by Crippen LogP contribution is 2.12. The second-order valence-corrected chi connectivity index (χ2v) is 6.30. The van der Waals surface area contributed by atoms with E-state index in [0.717, 1.165) is 5.41 Å². The summed E-state index contributed by atoms with van der Waals surface area (Å²) in [7, 11) is -3.72. The highest BCUT2D eigenvalue weighted by molar-refractivity contribution is 7.95. The zero-order chi connectivity index (χ0) is 15.6. The molecule has 0 aliphatic heterocycles. The first-order valence-corrected chi connectivity index (χ1v) is 8.08. The fourth-order valence-corrected chi connectivity index (χ4v) is 2.55. The van der Waals surface area contributed by atoms with Crippen molar-refractivity contribution < 1.29 is 8.42 Å². The number of aromatic nitrogens is 4. The average molecular weight is 336 g/mol. The Hall–Kier alpha value is -2.45. The van der Waals surface area contributed by atoms with Crippen LogP contribution in [0.15, 0.2) is 48.1 Å². The van der Waals surface area contributed by atoms with Crippen molar-refractivity contribution in [3.05, 3.63) is 58.7 Å². The maximum atomic E-state index is 12.0. The van der Waals surface area contributed by atoms with Gasteiger partial charge in [0.05, 0.1) is 5.41 Å². The first-order valence-electron chi connectivity index (χ1n) is 6.16. The molecule has 0 amide bonds. The summed E-state index contributed by atoms with van der Waals surface area (Å²) in [6.07, 6.45) is 4.62. The molecule has 0 unspecified atom stereocenters.